The number of rotatable bonds is 7. The van der Waals surface area contributed by atoms with Crippen LogP contribution in [0, 0.1) is 0 Å². The predicted octanol–water partition coefficient (Wildman–Crippen LogP) is 3.38. The molecule has 0 unspecified atom stereocenters. The topological polar surface area (TPSA) is 94.2 Å². The summed E-state index contributed by atoms with van der Waals surface area (Å²) in [5.74, 6) is 0.842. The average molecular weight is 472 g/mol. The number of hydrazine groups is 1. The fourth-order valence-electron chi connectivity index (χ4n) is 3.36. The molecule has 1 aromatic carbocycles. The van der Waals surface area contributed by atoms with Crippen molar-refractivity contribution in [1.29, 1.82) is 0 Å². The number of alkyl halides is 3. The van der Waals surface area contributed by atoms with Crippen LogP contribution in [-0.4, -0.2) is 54.9 Å². The van der Waals surface area contributed by atoms with Crippen molar-refractivity contribution >= 4 is 18.0 Å². The van der Waals surface area contributed by atoms with E-state index in [4.69, 9.17) is 14.2 Å². The molecule has 1 heterocycles. The van der Waals surface area contributed by atoms with Crippen molar-refractivity contribution < 1.29 is 41.8 Å². The molecule has 1 amide bonds. The highest BCUT2D eigenvalue weighted by atomic mass is 19.4. The number of carbonyl (C=O) groups is 2. The smallest absolute Gasteiger partial charge is 0.422 e. The monoisotopic (exact) mass is 472 g/mol. The first kappa shape index (κ1) is 26.4. The Morgan fingerprint density at radius 1 is 1.21 bits per heavy atom. The number of benzene rings is 1. The number of ether oxygens (including phenoxy) is 3. The van der Waals surface area contributed by atoms with Gasteiger partial charge in [-0.15, -0.1) is 0 Å². The number of hydrogen-bond donors (Lipinski definition) is 1. The molecule has 8 nitrogen and oxygen atoms in total. The van der Waals surface area contributed by atoms with Crippen LogP contribution in [0.4, 0.5) is 18.0 Å². The van der Waals surface area contributed by atoms with Gasteiger partial charge in [-0.3, -0.25) is 5.43 Å². The summed E-state index contributed by atoms with van der Waals surface area (Å²) in [6.07, 6.45) is -3.96. The lowest BCUT2D eigenvalue weighted by Crippen LogP contribution is -2.52. The van der Waals surface area contributed by atoms with Crippen LogP contribution in [0.1, 0.15) is 44.7 Å². The van der Waals surface area contributed by atoms with Crippen LogP contribution in [0.15, 0.2) is 30.3 Å². The Hall–Kier alpha value is -2.88. The summed E-state index contributed by atoms with van der Waals surface area (Å²) in [4.78, 5) is 34.1. The Morgan fingerprint density at radius 2 is 1.88 bits per heavy atom. The molecule has 0 saturated carbocycles. The van der Waals surface area contributed by atoms with Crippen LogP contribution in [0.3, 0.4) is 0 Å². The molecule has 0 aliphatic carbocycles. The number of carbonyl (C=O) groups excluding carboxylic acids is 3. The molecule has 0 atom stereocenters. The zero-order chi connectivity index (χ0) is 24.7. The fraction of sp³-hybridized carbons (Fsp3) is 0.545. The van der Waals surface area contributed by atoms with Crippen molar-refractivity contribution in [1.82, 2.24) is 10.4 Å². The van der Waals surface area contributed by atoms with E-state index in [1.165, 1.54) is 23.1 Å². The number of nitrogens with zero attached hydrogens (tertiary/aromatic N) is 1. The standard InChI is InChI=1S/C22H27F3N2O6/c1-20(2,3)33-18(29)15-32-21(16-6-4-7-17(14-16)22(23,24)25)8-10-27(11-9-21)26-19(30)31-13-5-12-28/h4-7,14H,8-11,13,15H2,1-3H3,(H,26,30). The number of piperidine rings is 1. The lowest BCUT2D eigenvalue weighted by molar-refractivity contribution is -0.172. The van der Waals surface area contributed by atoms with Crippen LogP contribution >= 0.6 is 0 Å². The van der Waals surface area contributed by atoms with Crippen LogP contribution in [0.25, 0.3) is 0 Å². The highest BCUT2D eigenvalue weighted by Gasteiger charge is 2.40. The number of nitrogens with one attached hydrogen (secondary N) is 1. The van der Waals surface area contributed by atoms with Crippen molar-refractivity contribution in [3.05, 3.63) is 41.5 Å². The van der Waals surface area contributed by atoms with Crippen molar-refractivity contribution in [2.45, 2.75) is 51.0 Å². The van der Waals surface area contributed by atoms with Gasteiger partial charge in [-0.1, -0.05) is 12.1 Å². The minimum Gasteiger partial charge on any atom is -0.458 e. The van der Waals surface area contributed by atoms with E-state index in [2.05, 4.69) is 5.43 Å². The van der Waals surface area contributed by atoms with Crippen molar-refractivity contribution in [2.24, 2.45) is 0 Å². The molecule has 1 aliphatic heterocycles. The minimum atomic E-state index is -4.54. The Balaban J connectivity index is 2.17. The molecule has 1 aromatic rings. The summed E-state index contributed by atoms with van der Waals surface area (Å²) >= 11 is 0. The summed E-state index contributed by atoms with van der Waals surface area (Å²) in [6, 6.07) is 4.79. The highest BCUT2D eigenvalue weighted by molar-refractivity contribution is 5.71. The molecule has 1 saturated heterocycles. The molecule has 1 aliphatic rings. The second kappa shape index (κ2) is 10.8. The van der Waals surface area contributed by atoms with E-state index in [0.717, 1.165) is 18.2 Å². The van der Waals surface area contributed by atoms with Gasteiger partial charge < -0.3 is 14.2 Å². The van der Waals surface area contributed by atoms with Crippen molar-refractivity contribution in [3.63, 3.8) is 0 Å². The van der Waals surface area contributed by atoms with Gasteiger partial charge in [0.2, 0.25) is 0 Å². The second-order valence-electron chi connectivity index (χ2n) is 8.47. The van der Waals surface area contributed by atoms with Crippen LogP contribution in [-0.2, 0) is 35.6 Å². The summed E-state index contributed by atoms with van der Waals surface area (Å²) in [5.41, 5.74) is 0.0110. The molecule has 11 heteroatoms. The van der Waals surface area contributed by atoms with Gasteiger partial charge in [0.05, 0.1) is 11.2 Å². The van der Waals surface area contributed by atoms with E-state index in [0.29, 0.717) is 0 Å². The fourth-order valence-corrected chi connectivity index (χ4v) is 3.36. The third kappa shape index (κ3) is 8.20. The maximum Gasteiger partial charge on any atom is 0.422 e. The Kier molecular flexibility index (Phi) is 8.65. The van der Waals surface area contributed by atoms with E-state index >= 15 is 0 Å². The SMILES string of the molecule is CC(C)(C)OC(=O)COC1(c2cccc(C(F)(F)F)c2)CCN(NC(=O)OCC=C=O)CC1. The quantitative estimate of drug-likeness (QED) is 0.480. The van der Waals surface area contributed by atoms with Crippen LogP contribution in [0.2, 0.25) is 0 Å². The molecule has 33 heavy (non-hydrogen) atoms. The molecule has 1 fully saturated rings. The number of hydrogen-bond acceptors (Lipinski definition) is 7. The minimum absolute atomic E-state index is 0.186. The summed E-state index contributed by atoms with van der Waals surface area (Å²) in [5, 5.41) is 1.52. The molecule has 0 radical (unpaired) electrons. The van der Waals surface area contributed by atoms with Crippen LogP contribution in [0.5, 0.6) is 0 Å². The summed E-state index contributed by atoms with van der Waals surface area (Å²) in [7, 11) is 0. The first-order chi connectivity index (χ1) is 15.3. The molecule has 182 valence electrons. The molecule has 0 aromatic heterocycles. The zero-order valence-corrected chi connectivity index (χ0v) is 18.7. The Bertz CT molecular complexity index is 883. The second-order valence-corrected chi connectivity index (χ2v) is 8.47. The average Bonchev–Trinajstić information content (AvgIpc) is 2.72. The van der Waals surface area contributed by atoms with Gasteiger partial charge in [0.25, 0.3) is 0 Å². The molecule has 1 N–H and O–H groups in total. The Labute approximate surface area is 189 Å². The highest BCUT2D eigenvalue weighted by Crippen LogP contribution is 2.39. The number of amides is 1. The van der Waals surface area contributed by atoms with Gasteiger partial charge in [0, 0.05) is 19.2 Å². The van der Waals surface area contributed by atoms with E-state index in [-0.39, 0.29) is 38.1 Å². The molecule has 2 rings (SSSR count). The largest absolute Gasteiger partial charge is 0.458 e. The van der Waals surface area contributed by atoms with Crippen molar-refractivity contribution in [2.75, 3.05) is 26.3 Å². The number of esters is 1. The van der Waals surface area contributed by atoms with E-state index in [1.807, 2.05) is 0 Å². The third-order valence-electron chi connectivity index (χ3n) is 4.80. The van der Waals surface area contributed by atoms with Crippen molar-refractivity contribution in [3.8, 4) is 0 Å². The molecule has 0 bridgehead atoms. The maximum absolute atomic E-state index is 13.3. The maximum atomic E-state index is 13.3. The van der Waals surface area contributed by atoms with Crippen LogP contribution < -0.4 is 5.43 Å². The summed E-state index contributed by atoms with van der Waals surface area (Å²) < 4.78 is 55.8. The lowest BCUT2D eigenvalue weighted by atomic mass is 9.83. The summed E-state index contributed by atoms with van der Waals surface area (Å²) in [6.45, 7) is 4.83. The zero-order valence-electron chi connectivity index (χ0n) is 18.7. The van der Waals surface area contributed by atoms with Gasteiger partial charge in [0.15, 0.2) is 0 Å². The lowest BCUT2D eigenvalue weighted by Gasteiger charge is -2.41. The normalized spacial score (nSPS) is 16.4. The Morgan fingerprint density at radius 3 is 2.45 bits per heavy atom. The molecular formula is C22H27F3N2O6. The molecule has 0 spiro atoms. The van der Waals surface area contributed by atoms with E-state index in [1.54, 1.807) is 20.8 Å². The third-order valence-corrected chi connectivity index (χ3v) is 4.80. The molecular weight excluding hydrogens is 445 g/mol. The van der Waals surface area contributed by atoms with Gasteiger partial charge in [-0.2, -0.15) is 13.2 Å². The first-order valence-electron chi connectivity index (χ1n) is 10.3. The number of halogens is 3. The van der Waals surface area contributed by atoms with Gasteiger partial charge in [-0.25, -0.2) is 19.4 Å². The predicted molar refractivity (Wildman–Crippen MR) is 110 cm³/mol. The van der Waals surface area contributed by atoms with Gasteiger partial charge in [0.1, 0.15) is 24.8 Å². The van der Waals surface area contributed by atoms with Gasteiger partial charge in [-0.05, 0) is 51.3 Å². The van der Waals surface area contributed by atoms with Gasteiger partial charge >= 0.3 is 18.2 Å². The van der Waals surface area contributed by atoms with E-state index in [9.17, 15) is 27.6 Å². The van der Waals surface area contributed by atoms with E-state index < -0.39 is 41.6 Å². The first-order valence-corrected chi connectivity index (χ1v) is 10.3.